The van der Waals surface area contributed by atoms with E-state index in [0.717, 1.165) is 31.4 Å². The van der Waals surface area contributed by atoms with Crippen molar-refractivity contribution in [3.05, 3.63) is 41.7 Å². The minimum atomic E-state index is -0.324. The lowest BCUT2D eigenvalue weighted by molar-refractivity contribution is 0.384. The van der Waals surface area contributed by atoms with Crippen molar-refractivity contribution < 1.29 is 9.13 Å². The minimum Gasteiger partial charge on any atom is -0.494 e. The first-order chi connectivity index (χ1) is 9.12. The molecule has 0 amide bonds. The summed E-state index contributed by atoms with van der Waals surface area (Å²) in [6.07, 6.45) is 2.89. The first-order valence-corrected chi connectivity index (χ1v) is 6.85. The van der Waals surface area contributed by atoms with Crippen molar-refractivity contribution >= 4 is 0 Å². The molecule has 0 fully saturated rings. The fraction of sp³-hybridized carbons (Fsp3) is 0.500. The Labute approximate surface area is 115 Å². The van der Waals surface area contributed by atoms with Crippen LogP contribution in [0.15, 0.2) is 30.4 Å². The Balaban J connectivity index is 2.92. The molecule has 1 rings (SSSR count). The van der Waals surface area contributed by atoms with E-state index >= 15 is 0 Å². The van der Waals surface area contributed by atoms with Crippen LogP contribution in [0.2, 0.25) is 0 Å². The zero-order valence-corrected chi connectivity index (χ0v) is 12.1. The van der Waals surface area contributed by atoms with Crippen molar-refractivity contribution in [2.75, 3.05) is 13.7 Å². The van der Waals surface area contributed by atoms with Crippen LogP contribution in [0, 0.1) is 5.82 Å². The van der Waals surface area contributed by atoms with E-state index < -0.39 is 0 Å². The molecule has 1 N–H and O–H groups in total. The highest BCUT2D eigenvalue weighted by Crippen LogP contribution is 2.27. The van der Waals surface area contributed by atoms with Gasteiger partial charge in [-0.1, -0.05) is 32.1 Å². The second kappa shape index (κ2) is 7.95. The summed E-state index contributed by atoms with van der Waals surface area (Å²) in [6.45, 7) is 9.22. The van der Waals surface area contributed by atoms with Crippen LogP contribution < -0.4 is 10.1 Å². The molecule has 0 aliphatic carbocycles. The summed E-state index contributed by atoms with van der Waals surface area (Å²) in [5.74, 6) is -0.0299. The fourth-order valence-electron chi connectivity index (χ4n) is 1.95. The maximum absolute atomic E-state index is 13.5. The van der Waals surface area contributed by atoms with Gasteiger partial charge >= 0.3 is 0 Å². The molecule has 1 unspecified atom stereocenters. The van der Waals surface area contributed by atoms with Gasteiger partial charge in [0.25, 0.3) is 0 Å². The van der Waals surface area contributed by atoms with Crippen molar-refractivity contribution in [2.24, 2.45) is 0 Å². The van der Waals surface area contributed by atoms with Crippen molar-refractivity contribution in [1.29, 1.82) is 0 Å². The summed E-state index contributed by atoms with van der Waals surface area (Å²) < 4.78 is 18.5. The summed E-state index contributed by atoms with van der Waals surface area (Å²) in [4.78, 5) is 0. The van der Waals surface area contributed by atoms with Gasteiger partial charge in [-0.3, -0.25) is 0 Å². The molecule has 0 bridgehead atoms. The third kappa shape index (κ3) is 4.67. The molecule has 0 heterocycles. The van der Waals surface area contributed by atoms with Gasteiger partial charge in [0.05, 0.1) is 7.11 Å². The molecule has 2 nitrogen and oxygen atoms in total. The van der Waals surface area contributed by atoms with E-state index in [4.69, 9.17) is 4.74 Å². The number of hydrogen-bond donors (Lipinski definition) is 1. The number of hydrogen-bond acceptors (Lipinski definition) is 2. The summed E-state index contributed by atoms with van der Waals surface area (Å²) in [7, 11) is 1.49. The Hall–Kier alpha value is -1.35. The first-order valence-electron chi connectivity index (χ1n) is 6.85. The molecule has 0 aliphatic rings. The lowest BCUT2D eigenvalue weighted by Gasteiger charge is -2.20. The standard InChI is InChI=1S/C16H24FNO/c1-5-9-18-15(10-12(3)6-2)13-7-8-14(17)16(11-13)19-4/h7-8,11,15,18H,3,5-6,9-10H2,1-2,4H3. The molecule has 106 valence electrons. The Bertz CT molecular complexity index is 417. The Morgan fingerprint density at radius 3 is 2.74 bits per heavy atom. The second-order valence-electron chi connectivity index (χ2n) is 4.71. The van der Waals surface area contributed by atoms with Crippen LogP contribution in [0.25, 0.3) is 0 Å². The van der Waals surface area contributed by atoms with Gasteiger partial charge in [0.2, 0.25) is 0 Å². The quantitative estimate of drug-likeness (QED) is 0.710. The van der Waals surface area contributed by atoms with Crippen LogP contribution in [0.4, 0.5) is 4.39 Å². The number of ether oxygens (including phenoxy) is 1. The molecule has 1 aromatic carbocycles. The Morgan fingerprint density at radius 2 is 2.16 bits per heavy atom. The number of nitrogens with one attached hydrogen (secondary N) is 1. The zero-order chi connectivity index (χ0) is 14.3. The van der Waals surface area contributed by atoms with Crippen molar-refractivity contribution in [1.82, 2.24) is 5.32 Å². The molecule has 1 aromatic rings. The Morgan fingerprint density at radius 1 is 1.42 bits per heavy atom. The fourth-order valence-corrected chi connectivity index (χ4v) is 1.95. The first kappa shape index (κ1) is 15.7. The summed E-state index contributed by atoms with van der Waals surface area (Å²) >= 11 is 0. The topological polar surface area (TPSA) is 21.3 Å². The SMILES string of the molecule is C=C(CC)CC(NCCC)c1ccc(F)c(OC)c1. The van der Waals surface area contributed by atoms with Crippen molar-refractivity contribution in [2.45, 2.75) is 39.2 Å². The number of halogens is 1. The van der Waals surface area contributed by atoms with E-state index in [1.807, 2.05) is 6.07 Å². The minimum absolute atomic E-state index is 0.168. The maximum atomic E-state index is 13.5. The van der Waals surface area contributed by atoms with Gasteiger partial charge in [-0.2, -0.15) is 0 Å². The average Bonchev–Trinajstić information content (AvgIpc) is 2.43. The molecular weight excluding hydrogens is 241 g/mol. The summed E-state index contributed by atoms with van der Waals surface area (Å²) in [5, 5.41) is 3.48. The van der Waals surface area contributed by atoms with Gasteiger partial charge in [-0.05, 0) is 43.5 Å². The lowest BCUT2D eigenvalue weighted by Crippen LogP contribution is -2.22. The lowest BCUT2D eigenvalue weighted by atomic mass is 9.98. The average molecular weight is 265 g/mol. The molecule has 0 spiro atoms. The number of methoxy groups -OCH3 is 1. The summed E-state index contributed by atoms with van der Waals surface area (Å²) in [6, 6.07) is 5.21. The van der Waals surface area contributed by atoms with E-state index in [1.54, 1.807) is 6.07 Å². The van der Waals surface area contributed by atoms with Crippen LogP contribution in [0.5, 0.6) is 5.75 Å². The van der Waals surface area contributed by atoms with E-state index in [2.05, 4.69) is 25.7 Å². The van der Waals surface area contributed by atoms with Crippen LogP contribution in [0.3, 0.4) is 0 Å². The molecule has 0 aromatic heterocycles. The van der Waals surface area contributed by atoms with E-state index in [1.165, 1.54) is 18.7 Å². The van der Waals surface area contributed by atoms with Gasteiger partial charge in [-0.25, -0.2) is 4.39 Å². The van der Waals surface area contributed by atoms with E-state index in [0.29, 0.717) is 5.75 Å². The van der Waals surface area contributed by atoms with Crippen LogP contribution >= 0.6 is 0 Å². The second-order valence-corrected chi connectivity index (χ2v) is 4.71. The van der Waals surface area contributed by atoms with Gasteiger partial charge in [0, 0.05) is 6.04 Å². The number of rotatable bonds is 8. The predicted octanol–water partition coefficient (Wildman–Crippen LogP) is 4.23. The molecule has 19 heavy (non-hydrogen) atoms. The molecular formula is C16H24FNO. The van der Waals surface area contributed by atoms with Gasteiger partial charge < -0.3 is 10.1 Å². The third-order valence-electron chi connectivity index (χ3n) is 3.21. The highest BCUT2D eigenvalue weighted by atomic mass is 19.1. The van der Waals surface area contributed by atoms with E-state index in [-0.39, 0.29) is 11.9 Å². The predicted molar refractivity (Wildman–Crippen MR) is 78.0 cm³/mol. The van der Waals surface area contributed by atoms with Crippen LogP contribution in [0.1, 0.15) is 44.7 Å². The molecule has 0 saturated heterocycles. The normalized spacial score (nSPS) is 12.2. The van der Waals surface area contributed by atoms with Gasteiger partial charge in [0.1, 0.15) is 0 Å². The third-order valence-corrected chi connectivity index (χ3v) is 3.21. The van der Waals surface area contributed by atoms with Crippen molar-refractivity contribution in [3.8, 4) is 5.75 Å². The molecule has 0 aliphatic heterocycles. The molecule has 1 atom stereocenters. The maximum Gasteiger partial charge on any atom is 0.165 e. The van der Waals surface area contributed by atoms with Gasteiger partial charge in [0.15, 0.2) is 11.6 Å². The highest BCUT2D eigenvalue weighted by molar-refractivity contribution is 5.32. The Kier molecular flexibility index (Phi) is 6.57. The zero-order valence-electron chi connectivity index (χ0n) is 12.1. The molecule has 3 heteroatoms. The van der Waals surface area contributed by atoms with E-state index in [9.17, 15) is 4.39 Å². The van der Waals surface area contributed by atoms with Gasteiger partial charge in [-0.15, -0.1) is 0 Å². The summed E-state index contributed by atoms with van der Waals surface area (Å²) in [5.41, 5.74) is 2.23. The smallest absolute Gasteiger partial charge is 0.165 e. The largest absolute Gasteiger partial charge is 0.494 e. The number of benzene rings is 1. The molecule has 0 radical (unpaired) electrons. The monoisotopic (exact) mass is 265 g/mol. The van der Waals surface area contributed by atoms with Crippen LogP contribution in [-0.4, -0.2) is 13.7 Å². The molecule has 0 saturated carbocycles. The van der Waals surface area contributed by atoms with Crippen molar-refractivity contribution in [3.63, 3.8) is 0 Å². The van der Waals surface area contributed by atoms with Crippen LogP contribution in [-0.2, 0) is 0 Å². The highest BCUT2D eigenvalue weighted by Gasteiger charge is 2.14.